The van der Waals surface area contributed by atoms with Crippen molar-refractivity contribution in [3.05, 3.63) is 23.2 Å². The molecule has 0 amide bonds. The fourth-order valence-electron chi connectivity index (χ4n) is 1.44. The van der Waals surface area contributed by atoms with Gasteiger partial charge in [-0.05, 0) is 30.5 Å². The Hall–Kier alpha value is -1.69. The summed E-state index contributed by atoms with van der Waals surface area (Å²) >= 11 is 5.86. The van der Waals surface area contributed by atoms with E-state index in [4.69, 9.17) is 11.6 Å². The number of aromatic nitrogens is 5. The lowest BCUT2D eigenvalue weighted by atomic mass is 10.1. The first-order valence-electron chi connectivity index (χ1n) is 5.81. The minimum atomic E-state index is 0.151. The molecule has 0 atom stereocenters. The smallest absolute Gasteiger partial charge is 0.256 e. The van der Waals surface area contributed by atoms with Gasteiger partial charge in [0.05, 0.1) is 5.69 Å². The quantitative estimate of drug-likeness (QED) is 0.919. The van der Waals surface area contributed by atoms with Crippen molar-refractivity contribution in [2.45, 2.75) is 26.7 Å². The Bertz CT molecular complexity index is 536. The van der Waals surface area contributed by atoms with E-state index in [1.807, 2.05) is 19.2 Å². The SMILES string of the molecule is CCNc1nc(Cl)nc(-n2ccc(C(C)C)n2)n1. The summed E-state index contributed by atoms with van der Waals surface area (Å²) in [5, 5.41) is 7.55. The predicted octanol–water partition coefficient (Wildman–Crippen LogP) is 2.27. The fraction of sp³-hybridized carbons (Fsp3) is 0.455. The molecule has 2 heterocycles. The van der Waals surface area contributed by atoms with Crippen LogP contribution in [-0.4, -0.2) is 31.3 Å². The van der Waals surface area contributed by atoms with Crippen LogP contribution in [0, 0.1) is 0 Å². The first kappa shape index (κ1) is 12.8. The molecule has 0 aliphatic carbocycles. The molecule has 0 saturated carbocycles. The monoisotopic (exact) mass is 266 g/mol. The van der Waals surface area contributed by atoms with Gasteiger partial charge in [-0.25, -0.2) is 4.68 Å². The number of nitrogens with zero attached hydrogens (tertiary/aromatic N) is 5. The standard InChI is InChI=1S/C11H15ClN6/c1-4-13-10-14-9(12)15-11(16-10)18-6-5-8(17-18)7(2)3/h5-7H,4H2,1-3H3,(H,13,14,15,16). The van der Waals surface area contributed by atoms with Crippen LogP contribution in [0.25, 0.3) is 5.95 Å². The highest BCUT2D eigenvalue weighted by atomic mass is 35.5. The van der Waals surface area contributed by atoms with Gasteiger partial charge in [0, 0.05) is 12.7 Å². The van der Waals surface area contributed by atoms with Crippen molar-refractivity contribution in [2.24, 2.45) is 0 Å². The minimum Gasteiger partial charge on any atom is -0.354 e. The second-order valence-electron chi connectivity index (χ2n) is 4.10. The molecule has 96 valence electrons. The van der Waals surface area contributed by atoms with E-state index in [0.29, 0.717) is 17.8 Å². The van der Waals surface area contributed by atoms with Gasteiger partial charge in [0.2, 0.25) is 11.2 Å². The molecule has 7 heteroatoms. The summed E-state index contributed by atoms with van der Waals surface area (Å²) in [6.07, 6.45) is 1.82. The molecule has 1 N–H and O–H groups in total. The lowest BCUT2D eigenvalue weighted by Crippen LogP contribution is -2.09. The van der Waals surface area contributed by atoms with Crippen LogP contribution in [0.5, 0.6) is 0 Å². The summed E-state index contributed by atoms with van der Waals surface area (Å²) in [5.74, 6) is 1.23. The summed E-state index contributed by atoms with van der Waals surface area (Å²) in [4.78, 5) is 12.3. The Balaban J connectivity index is 2.36. The first-order valence-corrected chi connectivity index (χ1v) is 6.19. The lowest BCUT2D eigenvalue weighted by Gasteiger charge is -2.04. The van der Waals surface area contributed by atoms with Crippen molar-refractivity contribution in [1.82, 2.24) is 24.7 Å². The Morgan fingerprint density at radius 3 is 2.72 bits per heavy atom. The topological polar surface area (TPSA) is 68.5 Å². The molecule has 0 saturated heterocycles. The molecule has 2 aromatic heterocycles. The molecule has 0 aliphatic heterocycles. The third-order valence-corrected chi connectivity index (χ3v) is 2.51. The number of rotatable bonds is 4. The van der Waals surface area contributed by atoms with Crippen molar-refractivity contribution in [3.8, 4) is 5.95 Å². The molecule has 0 bridgehead atoms. The van der Waals surface area contributed by atoms with Gasteiger partial charge < -0.3 is 5.32 Å². The van der Waals surface area contributed by atoms with Gasteiger partial charge in [0.25, 0.3) is 5.95 Å². The average Bonchev–Trinajstić information content (AvgIpc) is 2.78. The van der Waals surface area contributed by atoms with Crippen molar-refractivity contribution < 1.29 is 0 Å². The third kappa shape index (κ3) is 2.76. The fourth-order valence-corrected chi connectivity index (χ4v) is 1.59. The third-order valence-electron chi connectivity index (χ3n) is 2.34. The van der Waals surface area contributed by atoms with Crippen LogP contribution in [0.15, 0.2) is 12.3 Å². The second-order valence-corrected chi connectivity index (χ2v) is 4.44. The summed E-state index contributed by atoms with van der Waals surface area (Å²) < 4.78 is 1.60. The molecule has 0 unspecified atom stereocenters. The Morgan fingerprint density at radius 2 is 2.11 bits per heavy atom. The Labute approximate surface area is 110 Å². The Kier molecular flexibility index (Phi) is 3.76. The van der Waals surface area contributed by atoms with Gasteiger partial charge in [0.1, 0.15) is 0 Å². The normalized spacial score (nSPS) is 10.9. The minimum absolute atomic E-state index is 0.151. The summed E-state index contributed by atoms with van der Waals surface area (Å²) in [6, 6.07) is 1.94. The number of hydrogen-bond donors (Lipinski definition) is 1. The van der Waals surface area contributed by atoms with Gasteiger partial charge in [-0.2, -0.15) is 20.1 Å². The van der Waals surface area contributed by atoms with Gasteiger partial charge in [0.15, 0.2) is 0 Å². The number of halogens is 1. The zero-order chi connectivity index (χ0) is 13.1. The van der Waals surface area contributed by atoms with Gasteiger partial charge in [-0.1, -0.05) is 13.8 Å². The van der Waals surface area contributed by atoms with Crippen molar-refractivity contribution in [1.29, 1.82) is 0 Å². The van der Waals surface area contributed by atoms with E-state index in [0.717, 1.165) is 12.2 Å². The van der Waals surface area contributed by atoms with Gasteiger partial charge in [-0.15, -0.1) is 0 Å². The van der Waals surface area contributed by atoms with E-state index < -0.39 is 0 Å². The lowest BCUT2D eigenvalue weighted by molar-refractivity contribution is 0.738. The van der Waals surface area contributed by atoms with E-state index in [-0.39, 0.29) is 5.28 Å². The zero-order valence-corrected chi connectivity index (χ0v) is 11.3. The maximum absolute atomic E-state index is 5.86. The van der Waals surface area contributed by atoms with Crippen LogP contribution in [-0.2, 0) is 0 Å². The predicted molar refractivity (Wildman–Crippen MR) is 70.2 cm³/mol. The molecule has 0 spiro atoms. The summed E-state index contributed by atoms with van der Waals surface area (Å²) in [5.41, 5.74) is 0.983. The largest absolute Gasteiger partial charge is 0.354 e. The molecule has 2 rings (SSSR count). The summed E-state index contributed by atoms with van der Waals surface area (Å²) in [7, 11) is 0. The molecule has 18 heavy (non-hydrogen) atoms. The van der Waals surface area contributed by atoms with Crippen LogP contribution >= 0.6 is 11.6 Å². The number of nitrogens with one attached hydrogen (secondary N) is 1. The van der Waals surface area contributed by atoms with E-state index in [1.165, 1.54) is 0 Å². The highest BCUT2D eigenvalue weighted by molar-refractivity contribution is 6.28. The molecule has 0 aromatic carbocycles. The van der Waals surface area contributed by atoms with Crippen LogP contribution in [0.3, 0.4) is 0 Å². The molecule has 2 aromatic rings. The molecular weight excluding hydrogens is 252 g/mol. The van der Waals surface area contributed by atoms with Crippen LogP contribution in [0.1, 0.15) is 32.4 Å². The van der Waals surface area contributed by atoms with Crippen LogP contribution in [0.2, 0.25) is 5.28 Å². The summed E-state index contributed by atoms with van der Waals surface area (Å²) in [6.45, 7) is 6.84. The molecular formula is C11H15ClN6. The van der Waals surface area contributed by atoms with Crippen molar-refractivity contribution in [2.75, 3.05) is 11.9 Å². The molecule has 0 radical (unpaired) electrons. The second kappa shape index (κ2) is 5.30. The molecule has 0 aliphatic rings. The Morgan fingerprint density at radius 1 is 1.33 bits per heavy atom. The van der Waals surface area contributed by atoms with E-state index in [2.05, 4.69) is 39.2 Å². The maximum atomic E-state index is 5.86. The molecule has 0 fully saturated rings. The van der Waals surface area contributed by atoms with Crippen molar-refractivity contribution >= 4 is 17.5 Å². The van der Waals surface area contributed by atoms with Crippen LogP contribution < -0.4 is 5.32 Å². The van der Waals surface area contributed by atoms with Crippen LogP contribution in [0.4, 0.5) is 5.95 Å². The van der Waals surface area contributed by atoms with Gasteiger partial charge in [-0.3, -0.25) is 0 Å². The van der Waals surface area contributed by atoms with E-state index in [9.17, 15) is 0 Å². The molecule has 6 nitrogen and oxygen atoms in total. The van der Waals surface area contributed by atoms with E-state index in [1.54, 1.807) is 4.68 Å². The first-order chi connectivity index (χ1) is 8.60. The zero-order valence-electron chi connectivity index (χ0n) is 10.6. The maximum Gasteiger partial charge on any atom is 0.256 e. The van der Waals surface area contributed by atoms with E-state index >= 15 is 0 Å². The highest BCUT2D eigenvalue weighted by Gasteiger charge is 2.09. The highest BCUT2D eigenvalue weighted by Crippen LogP contribution is 2.14. The van der Waals surface area contributed by atoms with Gasteiger partial charge >= 0.3 is 0 Å². The average molecular weight is 267 g/mol. The number of hydrogen-bond acceptors (Lipinski definition) is 5. The number of anilines is 1. The van der Waals surface area contributed by atoms with Crippen molar-refractivity contribution in [3.63, 3.8) is 0 Å².